The molecular formula is C27H47N4O10P. The zero-order valence-electron chi connectivity index (χ0n) is 25.5. The van der Waals surface area contributed by atoms with Gasteiger partial charge in [0.15, 0.2) is 6.23 Å². The molecule has 0 aliphatic carbocycles. The fraction of sp³-hybridized carbons (Fsp3) is 0.741. The maximum absolute atomic E-state index is 14.4. The molecule has 1 fully saturated rings. The van der Waals surface area contributed by atoms with Crippen molar-refractivity contribution in [2.75, 3.05) is 19.8 Å². The van der Waals surface area contributed by atoms with Crippen molar-refractivity contribution in [1.29, 1.82) is 0 Å². The number of rotatable bonds is 16. The molecule has 0 aromatic carbocycles. The van der Waals surface area contributed by atoms with Gasteiger partial charge in [-0.25, -0.2) is 10.2 Å². The van der Waals surface area contributed by atoms with Gasteiger partial charge in [-0.1, -0.05) is 34.3 Å². The van der Waals surface area contributed by atoms with Crippen molar-refractivity contribution in [3.63, 3.8) is 0 Å². The molecule has 1 saturated heterocycles. The van der Waals surface area contributed by atoms with E-state index in [1.54, 1.807) is 13.8 Å². The standard InChI is InChI=1S/C27H47N4O10P/c1-9-38-24(34)19(13-16(3)4)29-42(37,30-20(14-17(5)6)25(35)39-10-2)40-15-21-23(33)27(8,36)26(41-21)31-12-11-22(32)28-18(31)7/h11-12,16-17,19-21,23,26,33,36H,7,9-10,13-15H2,1-6,8H3,(H,28,32)(H2,29,30,37)/t19?,20?,21-,23+,26-,27?,42?/m1/s1. The summed E-state index contributed by atoms with van der Waals surface area (Å²) in [6.45, 7) is 15.6. The maximum atomic E-state index is 14.4. The molecule has 0 spiro atoms. The van der Waals surface area contributed by atoms with Crippen LogP contribution in [0, 0.1) is 11.8 Å². The van der Waals surface area contributed by atoms with E-state index < -0.39 is 68.2 Å². The van der Waals surface area contributed by atoms with E-state index in [2.05, 4.69) is 22.1 Å². The molecule has 3 unspecified atom stereocenters. The topological polar surface area (TPSA) is 185 Å². The second-order valence-electron chi connectivity index (χ2n) is 11.3. The van der Waals surface area contributed by atoms with Crippen molar-refractivity contribution in [3.05, 3.63) is 24.7 Å². The Balaban J connectivity index is 2.37. The van der Waals surface area contributed by atoms with Gasteiger partial charge in [0.1, 0.15) is 35.7 Å². The summed E-state index contributed by atoms with van der Waals surface area (Å²) in [5.41, 5.74) is -1.87. The van der Waals surface area contributed by atoms with Gasteiger partial charge >= 0.3 is 19.6 Å². The second-order valence-corrected chi connectivity index (χ2v) is 13.2. The lowest BCUT2D eigenvalue weighted by atomic mass is 9.96. The zero-order chi connectivity index (χ0) is 31.8. The van der Waals surface area contributed by atoms with E-state index in [0.717, 1.165) is 0 Å². The van der Waals surface area contributed by atoms with Gasteiger partial charge in [0.05, 0.1) is 19.8 Å². The van der Waals surface area contributed by atoms with Crippen molar-refractivity contribution in [3.8, 4) is 0 Å². The molecule has 1 amide bonds. The Labute approximate surface area is 247 Å². The summed E-state index contributed by atoms with van der Waals surface area (Å²) in [5.74, 6) is -1.59. The van der Waals surface area contributed by atoms with Crippen LogP contribution in [0.3, 0.4) is 0 Å². The van der Waals surface area contributed by atoms with Crippen LogP contribution in [0.5, 0.6) is 0 Å². The average Bonchev–Trinajstić information content (AvgIpc) is 3.10. The van der Waals surface area contributed by atoms with E-state index in [-0.39, 0.29) is 43.7 Å². The van der Waals surface area contributed by atoms with E-state index >= 15 is 0 Å². The number of carbonyl (C=O) groups excluding carboxylic acids is 3. The van der Waals surface area contributed by atoms with Crippen molar-refractivity contribution < 1.29 is 47.9 Å². The molecule has 0 aromatic rings. The van der Waals surface area contributed by atoms with Gasteiger partial charge in [-0.2, -0.15) is 0 Å². The number of carbonyl (C=O) groups is 3. The van der Waals surface area contributed by atoms with Crippen LogP contribution in [0.1, 0.15) is 61.3 Å². The summed E-state index contributed by atoms with van der Waals surface area (Å²) in [7, 11) is -4.27. The minimum absolute atomic E-state index is 0.00101. The molecule has 2 aliphatic heterocycles. The third kappa shape index (κ3) is 9.60. The number of amides is 1. The molecular weight excluding hydrogens is 571 g/mol. The predicted molar refractivity (Wildman–Crippen MR) is 153 cm³/mol. The minimum Gasteiger partial charge on any atom is -0.465 e. The van der Waals surface area contributed by atoms with Gasteiger partial charge in [-0.15, -0.1) is 0 Å². The molecule has 0 radical (unpaired) electrons. The van der Waals surface area contributed by atoms with Crippen LogP contribution < -0.4 is 15.5 Å². The first kappa shape index (κ1) is 35.9. The molecule has 42 heavy (non-hydrogen) atoms. The molecule has 0 bridgehead atoms. The Morgan fingerprint density at radius 1 is 1.12 bits per heavy atom. The molecule has 15 heteroatoms. The highest BCUT2D eigenvalue weighted by molar-refractivity contribution is 7.54. The molecule has 2 aliphatic rings. The van der Waals surface area contributed by atoms with Gasteiger partial charge in [-0.3, -0.25) is 18.9 Å². The highest BCUT2D eigenvalue weighted by Crippen LogP contribution is 2.43. The van der Waals surface area contributed by atoms with E-state index in [4.69, 9.17) is 18.7 Å². The normalized spacial score (nSPS) is 27.1. The number of esters is 2. The number of hydrogen-bond acceptors (Lipinski definition) is 11. The van der Waals surface area contributed by atoms with Crippen molar-refractivity contribution in [1.82, 2.24) is 20.4 Å². The van der Waals surface area contributed by atoms with Crippen molar-refractivity contribution >= 4 is 25.5 Å². The van der Waals surface area contributed by atoms with Gasteiger partial charge in [0.2, 0.25) is 0 Å². The molecule has 6 atom stereocenters. The quantitative estimate of drug-likeness (QED) is 0.124. The molecule has 0 saturated carbocycles. The summed E-state index contributed by atoms with van der Waals surface area (Å²) in [4.78, 5) is 38.6. The minimum atomic E-state index is -4.27. The van der Waals surface area contributed by atoms with Crippen LogP contribution in [-0.4, -0.2) is 88.9 Å². The summed E-state index contributed by atoms with van der Waals surface area (Å²) in [6, 6.07) is -2.11. The highest BCUT2D eigenvalue weighted by Gasteiger charge is 2.55. The van der Waals surface area contributed by atoms with Gasteiger partial charge in [0, 0.05) is 12.3 Å². The first-order valence-electron chi connectivity index (χ1n) is 14.2. The van der Waals surface area contributed by atoms with E-state index in [0.29, 0.717) is 0 Å². The van der Waals surface area contributed by atoms with Gasteiger partial charge < -0.3 is 39.2 Å². The smallest absolute Gasteiger partial charge is 0.342 e. The Kier molecular flexibility index (Phi) is 13.2. The molecule has 5 N–H and O–H groups in total. The summed E-state index contributed by atoms with van der Waals surface area (Å²) in [6.07, 6.45) is -0.864. The third-order valence-electron chi connectivity index (χ3n) is 6.60. The molecule has 2 heterocycles. The van der Waals surface area contributed by atoms with Gasteiger partial charge in [-0.05, 0) is 45.4 Å². The van der Waals surface area contributed by atoms with Crippen LogP contribution in [-0.2, 0) is 37.7 Å². The monoisotopic (exact) mass is 618 g/mol. The van der Waals surface area contributed by atoms with E-state index in [9.17, 15) is 29.2 Å². The second kappa shape index (κ2) is 15.4. The van der Waals surface area contributed by atoms with Crippen LogP contribution in [0.4, 0.5) is 0 Å². The lowest BCUT2D eigenvalue weighted by molar-refractivity contribution is -0.146. The Bertz CT molecular complexity index is 1010. The Morgan fingerprint density at radius 3 is 2.05 bits per heavy atom. The number of nitrogens with one attached hydrogen (secondary N) is 3. The lowest BCUT2D eigenvalue weighted by Gasteiger charge is -2.37. The van der Waals surface area contributed by atoms with Crippen LogP contribution >= 0.6 is 7.67 Å². The van der Waals surface area contributed by atoms with E-state index in [1.165, 1.54) is 24.1 Å². The SMILES string of the molecule is C=C1NC(=O)C=CN1[C@@H]1O[C@H](COP(=O)(NC(CC(C)C)C(=O)OCC)NC(CC(C)C)C(=O)OCC)[C@H](O)C1(C)O. The Hall–Kier alpha value is -2.32. The number of aliphatic hydroxyl groups is 2. The lowest BCUT2D eigenvalue weighted by Crippen LogP contribution is -2.53. The predicted octanol–water partition coefficient (Wildman–Crippen LogP) is 1.50. The molecule has 14 nitrogen and oxygen atoms in total. The average molecular weight is 619 g/mol. The van der Waals surface area contributed by atoms with Gasteiger partial charge in [0.25, 0.3) is 5.91 Å². The first-order valence-corrected chi connectivity index (χ1v) is 15.8. The van der Waals surface area contributed by atoms with Crippen LogP contribution in [0.25, 0.3) is 0 Å². The number of ether oxygens (including phenoxy) is 3. The number of hydrogen-bond donors (Lipinski definition) is 5. The molecule has 0 aromatic heterocycles. The maximum Gasteiger partial charge on any atom is 0.342 e. The van der Waals surface area contributed by atoms with Crippen LogP contribution in [0.15, 0.2) is 24.7 Å². The summed E-state index contributed by atoms with van der Waals surface area (Å²) >= 11 is 0. The zero-order valence-corrected chi connectivity index (χ0v) is 26.4. The summed E-state index contributed by atoms with van der Waals surface area (Å²) in [5, 5.41) is 30.1. The van der Waals surface area contributed by atoms with Crippen molar-refractivity contribution in [2.45, 2.75) is 97.4 Å². The summed E-state index contributed by atoms with van der Waals surface area (Å²) < 4.78 is 36.5. The van der Waals surface area contributed by atoms with Crippen molar-refractivity contribution in [2.24, 2.45) is 11.8 Å². The fourth-order valence-corrected chi connectivity index (χ4v) is 6.44. The Morgan fingerprint density at radius 2 is 1.62 bits per heavy atom. The first-order chi connectivity index (χ1) is 19.5. The van der Waals surface area contributed by atoms with Crippen LogP contribution in [0.2, 0.25) is 0 Å². The fourth-order valence-electron chi connectivity index (χ4n) is 4.62. The molecule has 2 rings (SSSR count). The largest absolute Gasteiger partial charge is 0.465 e. The van der Waals surface area contributed by atoms with E-state index in [1.807, 2.05) is 27.7 Å². The number of aliphatic hydroxyl groups excluding tert-OH is 1. The number of nitrogens with zero attached hydrogens (tertiary/aromatic N) is 1. The molecule has 240 valence electrons. The third-order valence-corrected chi connectivity index (χ3v) is 8.42. The highest BCUT2D eigenvalue weighted by atomic mass is 31.2.